The Hall–Kier alpha value is -3.93. The largest absolute Gasteiger partial charge is 0.309 e. The summed E-state index contributed by atoms with van der Waals surface area (Å²) in [5.41, 5.74) is 4.47. The van der Waals surface area contributed by atoms with Crippen molar-refractivity contribution in [3.05, 3.63) is 139 Å². The zero-order valence-corrected chi connectivity index (χ0v) is 21.4. The van der Waals surface area contributed by atoms with E-state index in [1.807, 2.05) is 24.3 Å². The van der Waals surface area contributed by atoms with Gasteiger partial charge in [0.15, 0.2) is 7.14 Å². The number of fused-ring (bicyclic) bond motifs is 2. The lowest BCUT2D eigenvalue weighted by molar-refractivity contribution is 0.592. The van der Waals surface area contributed by atoms with Crippen molar-refractivity contribution in [2.75, 3.05) is 0 Å². The molecule has 0 fully saturated rings. The molecule has 0 unspecified atom stereocenters. The van der Waals surface area contributed by atoms with Crippen LogP contribution in [0.25, 0.3) is 32.7 Å². The minimum absolute atomic E-state index is 0.855. The molecule has 6 rings (SSSR count). The van der Waals surface area contributed by atoms with Crippen LogP contribution in [0.4, 0.5) is 0 Å². The Morgan fingerprint density at radius 1 is 0.472 bits per heavy atom. The Kier molecular flexibility index (Phi) is 5.59. The molecule has 0 aromatic heterocycles. The maximum absolute atomic E-state index is 15.6. The normalized spacial score (nSPS) is 11.7. The number of rotatable bonds is 4. The zero-order valence-electron chi connectivity index (χ0n) is 20.5. The van der Waals surface area contributed by atoms with Crippen LogP contribution in [0.15, 0.2) is 127 Å². The summed E-state index contributed by atoms with van der Waals surface area (Å²) in [6.45, 7) is 4.14. The predicted molar refractivity (Wildman–Crippen MR) is 156 cm³/mol. The third-order valence-electron chi connectivity index (χ3n) is 7.10. The molecule has 36 heavy (non-hydrogen) atoms. The van der Waals surface area contributed by atoms with Gasteiger partial charge in [-0.15, -0.1) is 0 Å². The molecule has 0 amide bonds. The van der Waals surface area contributed by atoms with E-state index in [1.54, 1.807) is 0 Å². The van der Waals surface area contributed by atoms with Gasteiger partial charge in [0.25, 0.3) is 0 Å². The molecule has 6 aromatic rings. The van der Waals surface area contributed by atoms with Crippen LogP contribution in [0.1, 0.15) is 11.1 Å². The summed E-state index contributed by atoms with van der Waals surface area (Å²) in [5.74, 6) is 0. The van der Waals surface area contributed by atoms with E-state index in [2.05, 4.69) is 117 Å². The highest BCUT2D eigenvalue weighted by Gasteiger charge is 2.33. The topological polar surface area (TPSA) is 17.1 Å². The van der Waals surface area contributed by atoms with Crippen LogP contribution in [-0.2, 0) is 4.57 Å². The third-order valence-corrected chi connectivity index (χ3v) is 10.2. The molecule has 0 aliphatic carbocycles. The lowest BCUT2D eigenvalue weighted by Gasteiger charge is -2.25. The maximum Gasteiger partial charge on any atom is 0.171 e. The second-order valence-corrected chi connectivity index (χ2v) is 12.2. The van der Waals surface area contributed by atoms with Crippen LogP contribution in [0.3, 0.4) is 0 Å². The number of hydrogen-bond donors (Lipinski definition) is 0. The Morgan fingerprint density at radius 2 is 0.972 bits per heavy atom. The minimum Gasteiger partial charge on any atom is -0.309 e. The molecule has 0 bridgehead atoms. The van der Waals surface area contributed by atoms with E-state index in [0.29, 0.717) is 0 Å². The quantitative estimate of drug-likeness (QED) is 0.233. The summed E-state index contributed by atoms with van der Waals surface area (Å²) in [7, 11) is -3.20. The van der Waals surface area contributed by atoms with Gasteiger partial charge in [0.1, 0.15) is 0 Å². The zero-order chi connectivity index (χ0) is 24.7. The van der Waals surface area contributed by atoms with Crippen molar-refractivity contribution in [1.29, 1.82) is 0 Å². The van der Waals surface area contributed by atoms with Crippen molar-refractivity contribution >= 4 is 44.6 Å². The molecule has 0 atom stereocenters. The second kappa shape index (κ2) is 8.94. The van der Waals surface area contributed by atoms with Crippen LogP contribution in [0.5, 0.6) is 0 Å². The molecule has 0 aliphatic rings. The first-order chi connectivity index (χ1) is 17.6. The van der Waals surface area contributed by atoms with Crippen LogP contribution in [-0.4, -0.2) is 0 Å². The standard InChI is InChI=1S/C34H27OP/c1-24-14-19-28(20-15-24)36(35,29-21-16-25(2)17-22-29)33-23-18-27-9-4-6-12-31(27)34(33)32-13-7-10-26-8-3-5-11-30(26)32/h3-23H,1-2H3. The van der Waals surface area contributed by atoms with Gasteiger partial charge in [-0.3, -0.25) is 0 Å². The first kappa shape index (κ1) is 22.5. The van der Waals surface area contributed by atoms with Crippen molar-refractivity contribution in [1.82, 2.24) is 0 Å². The van der Waals surface area contributed by atoms with Crippen molar-refractivity contribution in [3.63, 3.8) is 0 Å². The van der Waals surface area contributed by atoms with Crippen LogP contribution in [0.2, 0.25) is 0 Å². The van der Waals surface area contributed by atoms with Gasteiger partial charge in [0.2, 0.25) is 0 Å². The van der Waals surface area contributed by atoms with Gasteiger partial charge in [-0.25, -0.2) is 0 Å². The van der Waals surface area contributed by atoms with Crippen LogP contribution >= 0.6 is 7.14 Å². The highest BCUT2D eigenvalue weighted by atomic mass is 31.2. The highest BCUT2D eigenvalue weighted by Crippen LogP contribution is 2.48. The van der Waals surface area contributed by atoms with E-state index in [0.717, 1.165) is 54.3 Å². The number of benzene rings is 6. The average molecular weight is 483 g/mol. The molecule has 0 heterocycles. The van der Waals surface area contributed by atoms with Gasteiger partial charge < -0.3 is 4.57 Å². The monoisotopic (exact) mass is 482 g/mol. The minimum atomic E-state index is -3.20. The molecule has 0 aliphatic heterocycles. The molecule has 6 aromatic carbocycles. The lowest BCUT2D eigenvalue weighted by Crippen LogP contribution is -2.26. The van der Waals surface area contributed by atoms with Crippen molar-refractivity contribution in [2.24, 2.45) is 0 Å². The van der Waals surface area contributed by atoms with Crippen molar-refractivity contribution < 1.29 is 4.57 Å². The first-order valence-corrected chi connectivity index (χ1v) is 14.0. The Morgan fingerprint density at radius 3 is 1.58 bits per heavy atom. The summed E-state index contributed by atoms with van der Waals surface area (Å²) in [4.78, 5) is 0. The molecule has 2 heteroatoms. The molecule has 0 radical (unpaired) electrons. The predicted octanol–water partition coefficient (Wildman–Crippen LogP) is 7.92. The van der Waals surface area contributed by atoms with Gasteiger partial charge in [0, 0.05) is 21.5 Å². The summed E-state index contributed by atoms with van der Waals surface area (Å²) in [6.07, 6.45) is 0. The highest BCUT2D eigenvalue weighted by molar-refractivity contribution is 7.85. The summed E-state index contributed by atoms with van der Waals surface area (Å²) in [5, 5.41) is 7.19. The van der Waals surface area contributed by atoms with E-state index in [1.165, 1.54) is 5.39 Å². The summed E-state index contributed by atoms with van der Waals surface area (Å²) >= 11 is 0. The van der Waals surface area contributed by atoms with E-state index in [-0.39, 0.29) is 0 Å². The third kappa shape index (κ3) is 3.68. The summed E-state index contributed by atoms with van der Waals surface area (Å²) in [6, 6.07) is 43.9. The first-order valence-electron chi connectivity index (χ1n) is 12.3. The fourth-order valence-electron chi connectivity index (χ4n) is 5.19. The van der Waals surface area contributed by atoms with Crippen LogP contribution < -0.4 is 15.9 Å². The fraction of sp³-hybridized carbons (Fsp3) is 0.0588. The molecule has 0 saturated carbocycles. The maximum atomic E-state index is 15.6. The SMILES string of the molecule is Cc1ccc(P(=O)(c2ccc(C)cc2)c2ccc3ccccc3c2-c2cccc3ccccc23)cc1. The van der Waals surface area contributed by atoms with Gasteiger partial charge in [-0.1, -0.05) is 132 Å². The Labute approximate surface area is 212 Å². The molecule has 1 nitrogen and oxygen atoms in total. The van der Waals surface area contributed by atoms with E-state index in [9.17, 15) is 0 Å². The molecule has 0 spiro atoms. The van der Waals surface area contributed by atoms with Crippen molar-refractivity contribution in [2.45, 2.75) is 13.8 Å². The molecule has 0 N–H and O–H groups in total. The van der Waals surface area contributed by atoms with Crippen LogP contribution in [0, 0.1) is 13.8 Å². The fourth-order valence-corrected chi connectivity index (χ4v) is 8.02. The molecule has 0 saturated heterocycles. The molecular weight excluding hydrogens is 455 g/mol. The van der Waals surface area contributed by atoms with Gasteiger partial charge in [-0.2, -0.15) is 0 Å². The smallest absolute Gasteiger partial charge is 0.171 e. The average Bonchev–Trinajstić information content (AvgIpc) is 2.92. The number of hydrogen-bond acceptors (Lipinski definition) is 1. The van der Waals surface area contributed by atoms with E-state index < -0.39 is 7.14 Å². The van der Waals surface area contributed by atoms with Gasteiger partial charge in [-0.05, 0) is 47.0 Å². The lowest BCUT2D eigenvalue weighted by atomic mass is 9.94. The summed E-state index contributed by atoms with van der Waals surface area (Å²) < 4.78 is 15.6. The molecular formula is C34H27OP. The van der Waals surface area contributed by atoms with E-state index in [4.69, 9.17) is 0 Å². The Balaban J connectivity index is 1.77. The Bertz CT molecular complexity index is 1710. The van der Waals surface area contributed by atoms with Crippen molar-refractivity contribution in [3.8, 4) is 11.1 Å². The van der Waals surface area contributed by atoms with Gasteiger partial charge >= 0.3 is 0 Å². The number of aryl methyl sites for hydroxylation is 2. The second-order valence-electron chi connectivity index (χ2n) is 9.49. The molecule has 174 valence electrons. The van der Waals surface area contributed by atoms with Gasteiger partial charge in [0.05, 0.1) is 0 Å². The van der Waals surface area contributed by atoms with E-state index >= 15 is 4.57 Å².